The molecule has 1 atom stereocenters. The smallest absolute Gasteiger partial charge is 0.331 e. The third-order valence-electron chi connectivity index (χ3n) is 2.57. The molecular weight excluding hydrogens is 280 g/mol. The number of carbonyl (C=O) groups is 2. The molecule has 3 N–H and O–H groups in total. The number of rotatable bonds is 6. The number of nitrogens with one attached hydrogen (secondary N) is 2. The Morgan fingerprint density at radius 1 is 1.40 bits per heavy atom. The van der Waals surface area contributed by atoms with Gasteiger partial charge in [0.05, 0.1) is 0 Å². The first-order chi connectivity index (χ1) is 9.56. The topological polar surface area (TPSA) is 78.4 Å². The highest BCUT2D eigenvalue weighted by Crippen LogP contribution is 2.22. The van der Waals surface area contributed by atoms with Gasteiger partial charge < -0.3 is 15.7 Å². The van der Waals surface area contributed by atoms with Crippen LogP contribution >= 0.6 is 11.6 Å². The van der Waals surface area contributed by atoms with Crippen molar-refractivity contribution < 1.29 is 14.7 Å². The summed E-state index contributed by atoms with van der Waals surface area (Å²) >= 11 is 5.95. The number of halogens is 1. The van der Waals surface area contributed by atoms with Gasteiger partial charge in [-0.3, -0.25) is 0 Å². The predicted molar refractivity (Wildman–Crippen MR) is 77.8 cm³/mol. The lowest BCUT2D eigenvalue weighted by atomic mass is 10.1. The van der Waals surface area contributed by atoms with Crippen LogP contribution in [0.1, 0.15) is 24.9 Å². The molecular formula is C14H17ClN2O3. The van der Waals surface area contributed by atoms with Crippen molar-refractivity contribution in [2.75, 3.05) is 6.54 Å². The molecule has 20 heavy (non-hydrogen) atoms. The summed E-state index contributed by atoms with van der Waals surface area (Å²) in [5, 5.41) is 14.5. The number of carboxylic acid groups (broad SMARTS) is 1. The molecule has 2 amide bonds. The average molecular weight is 297 g/mol. The molecule has 0 unspecified atom stereocenters. The minimum Gasteiger partial charge on any atom is -0.479 e. The van der Waals surface area contributed by atoms with E-state index < -0.39 is 18.0 Å². The molecule has 5 nitrogen and oxygen atoms in total. The fraction of sp³-hybridized carbons (Fsp3) is 0.286. The number of amides is 2. The summed E-state index contributed by atoms with van der Waals surface area (Å²) < 4.78 is 0. The predicted octanol–water partition coefficient (Wildman–Crippen LogP) is 2.73. The van der Waals surface area contributed by atoms with Crippen molar-refractivity contribution in [1.29, 1.82) is 0 Å². The summed E-state index contributed by atoms with van der Waals surface area (Å²) in [5.41, 5.74) is 0.352. The van der Waals surface area contributed by atoms with Crippen LogP contribution in [0.5, 0.6) is 0 Å². The second-order valence-corrected chi connectivity index (χ2v) is 4.46. The van der Waals surface area contributed by atoms with Crippen LogP contribution in [-0.4, -0.2) is 23.7 Å². The van der Waals surface area contributed by atoms with Gasteiger partial charge in [-0.15, -0.1) is 0 Å². The zero-order valence-corrected chi connectivity index (χ0v) is 11.9. The molecule has 0 bridgehead atoms. The molecule has 1 rings (SSSR count). The lowest BCUT2D eigenvalue weighted by Gasteiger charge is -2.16. The fourth-order valence-electron chi connectivity index (χ4n) is 1.60. The zero-order chi connectivity index (χ0) is 15.0. The van der Waals surface area contributed by atoms with Crippen molar-refractivity contribution in [3.8, 4) is 0 Å². The first kappa shape index (κ1) is 16.0. The van der Waals surface area contributed by atoms with Gasteiger partial charge in [-0.05, 0) is 19.4 Å². The van der Waals surface area contributed by atoms with Crippen LogP contribution in [0, 0.1) is 0 Å². The summed E-state index contributed by atoms with van der Waals surface area (Å²) in [6, 6.07) is 4.80. The number of hydrogen-bond acceptors (Lipinski definition) is 2. The molecule has 0 saturated carbocycles. The van der Waals surface area contributed by atoms with E-state index in [9.17, 15) is 14.7 Å². The van der Waals surface area contributed by atoms with Crippen LogP contribution in [0.15, 0.2) is 36.4 Å². The molecule has 1 aromatic carbocycles. The largest absolute Gasteiger partial charge is 0.479 e. The van der Waals surface area contributed by atoms with E-state index in [0.717, 1.165) is 0 Å². The van der Waals surface area contributed by atoms with Crippen molar-refractivity contribution in [1.82, 2.24) is 10.6 Å². The van der Waals surface area contributed by atoms with Crippen molar-refractivity contribution in [3.05, 3.63) is 47.0 Å². The van der Waals surface area contributed by atoms with E-state index in [0.29, 0.717) is 23.6 Å². The third kappa shape index (κ3) is 4.93. The third-order valence-corrected chi connectivity index (χ3v) is 2.92. The highest BCUT2D eigenvalue weighted by atomic mass is 35.5. The fourth-order valence-corrected chi connectivity index (χ4v) is 1.84. The summed E-state index contributed by atoms with van der Waals surface area (Å²) in [6.07, 6.45) is 4.47. The molecule has 1 aromatic rings. The summed E-state index contributed by atoms with van der Waals surface area (Å²) in [4.78, 5) is 22.9. The maximum atomic E-state index is 11.7. The molecule has 0 spiro atoms. The number of aliphatic carboxylic acids is 1. The van der Waals surface area contributed by atoms with Crippen molar-refractivity contribution in [2.45, 2.75) is 19.4 Å². The van der Waals surface area contributed by atoms with Crippen LogP contribution in [0.3, 0.4) is 0 Å². The minimum absolute atomic E-state index is 0.300. The van der Waals surface area contributed by atoms with Crippen molar-refractivity contribution in [2.24, 2.45) is 0 Å². The van der Waals surface area contributed by atoms with Gasteiger partial charge in [0, 0.05) is 17.1 Å². The Morgan fingerprint density at radius 3 is 2.70 bits per heavy atom. The monoisotopic (exact) mass is 296 g/mol. The van der Waals surface area contributed by atoms with Crippen LogP contribution in [0.4, 0.5) is 4.79 Å². The first-order valence-electron chi connectivity index (χ1n) is 6.19. The molecule has 0 heterocycles. The van der Waals surface area contributed by atoms with Gasteiger partial charge in [0.2, 0.25) is 0 Å². The lowest BCUT2D eigenvalue weighted by molar-refractivity contribution is -0.139. The van der Waals surface area contributed by atoms with Gasteiger partial charge >= 0.3 is 12.0 Å². The maximum absolute atomic E-state index is 11.7. The maximum Gasteiger partial charge on any atom is 0.331 e. The van der Waals surface area contributed by atoms with Gasteiger partial charge in [-0.25, -0.2) is 9.59 Å². The van der Waals surface area contributed by atoms with E-state index in [2.05, 4.69) is 10.6 Å². The van der Waals surface area contributed by atoms with Crippen LogP contribution in [-0.2, 0) is 4.79 Å². The molecule has 6 heteroatoms. The quantitative estimate of drug-likeness (QED) is 0.558. The van der Waals surface area contributed by atoms with E-state index in [-0.39, 0.29) is 0 Å². The molecule has 0 aliphatic heterocycles. The Bertz CT molecular complexity index is 503. The van der Waals surface area contributed by atoms with E-state index in [1.165, 1.54) is 0 Å². The number of carbonyl (C=O) groups excluding carboxylic acids is 1. The second kappa shape index (κ2) is 8.22. The van der Waals surface area contributed by atoms with Gasteiger partial charge in [-0.1, -0.05) is 42.0 Å². The number of carboxylic acids is 1. The first-order valence-corrected chi connectivity index (χ1v) is 6.56. The molecule has 0 aliphatic carbocycles. The Hall–Kier alpha value is -2.01. The molecule has 0 aliphatic rings. The number of allylic oxidation sites excluding steroid dienone is 1. The molecule has 108 valence electrons. The van der Waals surface area contributed by atoms with Gasteiger partial charge in [0.1, 0.15) is 0 Å². The zero-order valence-electron chi connectivity index (χ0n) is 11.1. The Kier molecular flexibility index (Phi) is 6.59. The van der Waals surface area contributed by atoms with Gasteiger partial charge in [0.15, 0.2) is 6.04 Å². The average Bonchev–Trinajstić information content (AvgIpc) is 2.42. The second-order valence-electron chi connectivity index (χ2n) is 4.05. The minimum atomic E-state index is -1.18. The van der Waals surface area contributed by atoms with Crippen LogP contribution < -0.4 is 10.6 Å². The van der Waals surface area contributed by atoms with E-state index in [1.54, 1.807) is 24.3 Å². The van der Waals surface area contributed by atoms with Crippen molar-refractivity contribution >= 4 is 23.6 Å². The van der Waals surface area contributed by atoms with Gasteiger partial charge in [0.25, 0.3) is 0 Å². The molecule has 0 saturated heterocycles. The van der Waals surface area contributed by atoms with Crippen LogP contribution in [0.2, 0.25) is 5.02 Å². The Balaban J connectivity index is 2.67. The normalized spacial score (nSPS) is 12.1. The highest BCUT2D eigenvalue weighted by Gasteiger charge is 2.23. The molecule has 0 aromatic heterocycles. The summed E-state index contributed by atoms with van der Waals surface area (Å²) in [6.45, 7) is 2.32. The number of hydrogen-bond donors (Lipinski definition) is 3. The standard InChI is InChI=1S/C14H17ClN2O3/c1-2-3-6-9-16-14(20)17-12(13(18)19)10-7-4-5-8-11(10)15/h2-5,7-8,12H,6,9H2,1H3,(H,18,19)(H2,16,17,20)/b3-2+/t12-/m1/s1. The molecule has 0 radical (unpaired) electrons. The Labute approximate surface area is 122 Å². The number of benzene rings is 1. The van der Waals surface area contributed by atoms with E-state index >= 15 is 0 Å². The highest BCUT2D eigenvalue weighted by molar-refractivity contribution is 6.31. The van der Waals surface area contributed by atoms with Crippen LogP contribution in [0.25, 0.3) is 0 Å². The SMILES string of the molecule is C/C=C/CCNC(=O)N[C@@H](C(=O)O)c1ccccc1Cl. The summed E-state index contributed by atoms with van der Waals surface area (Å²) in [7, 11) is 0. The van der Waals surface area contributed by atoms with Gasteiger partial charge in [-0.2, -0.15) is 0 Å². The van der Waals surface area contributed by atoms with E-state index in [4.69, 9.17) is 11.6 Å². The number of urea groups is 1. The van der Waals surface area contributed by atoms with E-state index in [1.807, 2.05) is 19.1 Å². The summed E-state index contributed by atoms with van der Waals surface area (Å²) in [5.74, 6) is -1.17. The molecule has 0 fully saturated rings. The van der Waals surface area contributed by atoms with Crippen molar-refractivity contribution in [3.63, 3.8) is 0 Å². The lowest BCUT2D eigenvalue weighted by Crippen LogP contribution is -2.41. The Morgan fingerprint density at radius 2 is 2.10 bits per heavy atom.